The average Bonchev–Trinajstić information content (AvgIpc) is 2.29. The molecule has 92 valence electrons. The number of halogens is 1. The third kappa shape index (κ3) is 4.04. The van der Waals surface area contributed by atoms with Gasteiger partial charge in [0.25, 0.3) is 5.91 Å². The fraction of sp³-hybridized carbons (Fsp3) is 0.364. The predicted molar refractivity (Wildman–Crippen MR) is 68.5 cm³/mol. The zero-order chi connectivity index (χ0) is 12.8. The van der Waals surface area contributed by atoms with Gasteiger partial charge in [0, 0.05) is 6.54 Å². The van der Waals surface area contributed by atoms with Crippen molar-refractivity contribution in [3.8, 4) is 0 Å². The van der Waals surface area contributed by atoms with Crippen molar-refractivity contribution in [2.45, 2.75) is 19.8 Å². The van der Waals surface area contributed by atoms with Crippen LogP contribution in [-0.4, -0.2) is 29.6 Å². The summed E-state index contributed by atoms with van der Waals surface area (Å²) in [5.41, 5.74) is 0.503. The maximum absolute atomic E-state index is 11.8. The third-order valence-electron chi connectivity index (χ3n) is 2.35. The number of benzene rings is 1. The van der Waals surface area contributed by atoms with Gasteiger partial charge < -0.3 is 15.4 Å². The topological polar surface area (TPSA) is 69.6 Å². The minimum Gasteiger partial charge on any atom is -0.423 e. The molecule has 1 aromatic rings. The minimum absolute atomic E-state index is 0.245. The molecular formula is C11H15BClNO3. The summed E-state index contributed by atoms with van der Waals surface area (Å²) < 4.78 is 0. The summed E-state index contributed by atoms with van der Waals surface area (Å²) in [7, 11) is -1.60. The van der Waals surface area contributed by atoms with Crippen molar-refractivity contribution < 1.29 is 14.8 Å². The number of carbonyl (C=O) groups is 1. The van der Waals surface area contributed by atoms with E-state index in [9.17, 15) is 4.79 Å². The average molecular weight is 256 g/mol. The van der Waals surface area contributed by atoms with Gasteiger partial charge in [-0.05, 0) is 24.0 Å². The smallest absolute Gasteiger partial charge is 0.423 e. The fourth-order valence-corrected chi connectivity index (χ4v) is 1.55. The highest BCUT2D eigenvalue weighted by atomic mass is 35.5. The number of hydrogen-bond acceptors (Lipinski definition) is 3. The van der Waals surface area contributed by atoms with Gasteiger partial charge in [0.1, 0.15) is 0 Å². The Morgan fingerprint density at radius 2 is 2.18 bits per heavy atom. The Hall–Kier alpha value is -1.04. The van der Waals surface area contributed by atoms with E-state index < -0.39 is 7.12 Å². The maximum Gasteiger partial charge on any atom is 0.488 e. The van der Waals surface area contributed by atoms with Crippen molar-refractivity contribution in [1.82, 2.24) is 5.32 Å². The molecule has 0 heterocycles. The van der Waals surface area contributed by atoms with Crippen LogP contribution < -0.4 is 10.8 Å². The molecule has 0 spiro atoms. The first-order valence-corrected chi connectivity index (χ1v) is 5.87. The second-order valence-electron chi connectivity index (χ2n) is 3.72. The monoisotopic (exact) mass is 255 g/mol. The van der Waals surface area contributed by atoms with Crippen molar-refractivity contribution in [2.24, 2.45) is 0 Å². The molecule has 17 heavy (non-hydrogen) atoms. The van der Waals surface area contributed by atoms with Crippen LogP contribution in [0.5, 0.6) is 0 Å². The van der Waals surface area contributed by atoms with E-state index in [1.165, 1.54) is 18.2 Å². The van der Waals surface area contributed by atoms with Gasteiger partial charge >= 0.3 is 7.12 Å². The molecule has 0 aromatic heterocycles. The van der Waals surface area contributed by atoms with Crippen LogP contribution in [0.3, 0.4) is 0 Å². The van der Waals surface area contributed by atoms with Crippen LogP contribution >= 0.6 is 11.6 Å². The molecule has 0 bridgehead atoms. The van der Waals surface area contributed by atoms with Crippen molar-refractivity contribution in [3.05, 3.63) is 28.8 Å². The van der Waals surface area contributed by atoms with Crippen LogP contribution in [0.1, 0.15) is 30.1 Å². The Labute approximate surface area is 106 Å². The molecule has 0 saturated heterocycles. The highest BCUT2D eigenvalue weighted by molar-refractivity contribution is 6.58. The summed E-state index contributed by atoms with van der Waals surface area (Å²) in [5, 5.41) is 21.0. The van der Waals surface area contributed by atoms with E-state index in [4.69, 9.17) is 21.6 Å². The zero-order valence-electron chi connectivity index (χ0n) is 9.61. The lowest BCUT2D eigenvalue weighted by atomic mass is 9.79. The molecule has 3 N–H and O–H groups in total. The van der Waals surface area contributed by atoms with E-state index >= 15 is 0 Å². The normalized spacial score (nSPS) is 10.1. The summed E-state index contributed by atoms with van der Waals surface area (Å²) >= 11 is 5.88. The fourth-order valence-electron chi connectivity index (χ4n) is 1.35. The van der Waals surface area contributed by atoms with Gasteiger partial charge in [0.2, 0.25) is 0 Å². The molecule has 4 nitrogen and oxygen atoms in total. The predicted octanol–water partition coefficient (Wildman–Crippen LogP) is 0.550. The van der Waals surface area contributed by atoms with E-state index in [1.54, 1.807) is 0 Å². The summed E-state index contributed by atoms with van der Waals surface area (Å²) in [5.74, 6) is -0.300. The summed E-state index contributed by atoms with van der Waals surface area (Å²) in [6.07, 6.45) is 1.88. The number of amides is 1. The molecular weight excluding hydrogens is 240 g/mol. The Kier molecular flexibility index (Phi) is 5.48. The van der Waals surface area contributed by atoms with E-state index in [1.807, 2.05) is 6.92 Å². The van der Waals surface area contributed by atoms with Gasteiger partial charge in [-0.15, -0.1) is 0 Å². The molecule has 1 rings (SSSR count). The van der Waals surface area contributed by atoms with Crippen molar-refractivity contribution in [2.75, 3.05) is 6.54 Å². The molecule has 0 unspecified atom stereocenters. The largest absolute Gasteiger partial charge is 0.488 e. The third-order valence-corrected chi connectivity index (χ3v) is 2.68. The van der Waals surface area contributed by atoms with Gasteiger partial charge in [-0.25, -0.2) is 0 Å². The summed E-state index contributed by atoms with van der Waals surface area (Å²) in [6, 6.07) is 4.33. The van der Waals surface area contributed by atoms with Crippen LogP contribution in [0.4, 0.5) is 0 Å². The lowest BCUT2D eigenvalue weighted by molar-refractivity contribution is 0.0953. The van der Waals surface area contributed by atoms with Gasteiger partial charge in [-0.1, -0.05) is 31.0 Å². The van der Waals surface area contributed by atoms with Gasteiger partial charge in [-0.2, -0.15) is 0 Å². The highest BCUT2D eigenvalue weighted by Crippen LogP contribution is 2.13. The van der Waals surface area contributed by atoms with E-state index in [2.05, 4.69) is 5.32 Å². The van der Waals surface area contributed by atoms with Crippen molar-refractivity contribution in [1.29, 1.82) is 0 Å². The van der Waals surface area contributed by atoms with Crippen LogP contribution in [-0.2, 0) is 0 Å². The van der Waals surface area contributed by atoms with E-state index in [0.29, 0.717) is 11.6 Å². The van der Waals surface area contributed by atoms with Gasteiger partial charge in [-0.3, -0.25) is 4.79 Å². The SMILES string of the molecule is CCCCNC(=O)c1cc(B(O)O)ccc1Cl. The number of nitrogens with one attached hydrogen (secondary N) is 1. The van der Waals surface area contributed by atoms with Crippen molar-refractivity contribution in [3.63, 3.8) is 0 Å². The van der Waals surface area contributed by atoms with Crippen LogP contribution in [0.25, 0.3) is 0 Å². The zero-order valence-corrected chi connectivity index (χ0v) is 10.4. The molecule has 6 heteroatoms. The number of carbonyl (C=O) groups excluding carboxylic acids is 1. The molecule has 1 aromatic carbocycles. The molecule has 0 aliphatic rings. The van der Waals surface area contributed by atoms with Crippen LogP contribution in [0.2, 0.25) is 5.02 Å². The molecule has 0 atom stereocenters. The number of rotatable bonds is 5. The highest BCUT2D eigenvalue weighted by Gasteiger charge is 2.16. The molecule has 0 aliphatic carbocycles. The van der Waals surface area contributed by atoms with Gasteiger partial charge in [0.05, 0.1) is 10.6 Å². The summed E-state index contributed by atoms with van der Waals surface area (Å²) in [6.45, 7) is 2.61. The first-order valence-electron chi connectivity index (χ1n) is 5.50. The second kappa shape index (κ2) is 6.64. The lowest BCUT2D eigenvalue weighted by Crippen LogP contribution is -2.32. The number of hydrogen-bond donors (Lipinski definition) is 3. The lowest BCUT2D eigenvalue weighted by Gasteiger charge is -2.08. The minimum atomic E-state index is -1.60. The van der Waals surface area contributed by atoms with Crippen LogP contribution in [0, 0.1) is 0 Å². The Morgan fingerprint density at radius 3 is 2.76 bits per heavy atom. The molecule has 0 saturated carbocycles. The standard InChI is InChI=1S/C11H15BClNO3/c1-2-3-6-14-11(15)9-7-8(12(16)17)4-5-10(9)13/h4-5,7,16-17H,2-3,6H2,1H3,(H,14,15). The first-order chi connectivity index (χ1) is 8.06. The Bertz CT molecular complexity index is 398. The number of unbranched alkanes of at least 4 members (excludes halogenated alkanes) is 1. The second-order valence-corrected chi connectivity index (χ2v) is 4.13. The molecule has 0 radical (unpaired) electrons. The van der Waals surface area contributed by atoms with E-state index in [-0.39, 0.29) is 16.9 Å². The van der Waals surface area contributed by atoms with Gasteiger partial charge in [0.15, 0.2) is 0 Å². The first kappa shape index (κ1) is 14.0. The maximum atomic E-state index is 11.8. The quantitative estimate of drug-likeness (QED) is 0.532. The van der Waals surface area contributed by atoms with Crippen molar-refractivity contribution >= 4 is 30.1 Å². The molecule has 1 amide bonds. The van der Waals surface area contributed by atoms with E-state index in [0.717, 1.165) is 12.8 Å². The van der Waals surface area contributed by atoms with Crippen LogP contribution in [0.15, 0.2) is 18.2 Å². The summed E-state index contributed by atoms with van der Waals surface area (Å²) in [4.78, 5) is 11.8. The molecule has 0 aliphatic heterocycles. The Morgan fingerprint density at radius 1 is 1.47 bits per heavy atom. The Balaban J connectivity index is 2.81. The molecule has 0 fully saturated rings.